The van der Waals surface area contributed by atoms with Crippen LogP contribution in [0.5, 0.6) is 0 Å². The van der Waals surface area contributed by atoms with Crippen molar-refractivity contribution in [3.05, 3.63) is 53.4 Å². The first-order valence-corrected chi connectivity index (χ1v) is 10.4. The third-order valence-electron chi connectivity index (χ3n) is 5.00. The van der Waals surface area contributed by atoms with E-state index in [1.165, 1.54) is 12.0 Å². The minimum Gasteiger partial charge on any atom is -0.359 e. The minimum absolute atomic E-state index is 0.366. The normalized spacial score (nSPS) is 18.4. The summed E-state index contributed by atoms with van der Waals surface area (Å²) >= 11 is 0. The third kappa shape index (κ3) is 6.09. The molecule has 1 fully saturated rings. The van der Waals surface area contributed by atoms with Gasteiger partial charge in [0.25, 0.3) is 0 Å². The van der Waals surface area contributed by atoms with Crippen molar-refractivity contribution >= 4 is 5.96 Å². The average Bonchev–Trinajstić information content (AvgIpc) is 3.17. The van der Waals surface area contributed by atoms with E-state index < -0.39 is 0 Å². The van der Waals surface area contributed by atoms with Crippen molar-refractivity contribution in [1.29, 1.82) is 0 Å². The summed E-state index contributed by atoms with van der Waals surface area (Å²) < 4.78 is 5.41. The van der Waals surface area contributed by atoms with Crippen molar-refractivity contribution in [3.8, 4) is 0 Å². The van der Waals surface area contributed by atoms with Gasteiger partial charge in [-0.15, -0.1) is 0 Å². The molecule has 0 aliphatic carbocycles. The maximum absolute atomic E-state index is 5.41. The predicted molar refractivity (Wildman–Crippen MR) is 113 cm³/mol. The fraction of sp³-hybridized carbons (Fsp3) is 0.545. The predicted octanol–water partition coefficient (Wildman–Crippen LogP) is 3.52. The van der Waals surface area contributed by atoms with Gasteiger partial charge >= 0.3 is 0 Å². The highest BCUT2D eigenvalue weighted by molar-refractivity contribution is 5.80. The molecular formula is C22H33N5O. The average molecular weight is 384 g/mol. The highest BCUT2D eigenvalue weighted by Crippen LogP contribution is 2.15. The van der Waals surface area contributed by atoms with Crippen LogP contribution in [0.4, 0.5) is 0 Å². The van der Waals surface area contributed by atoms with Crippen molar-refractivity contribution in [3.63, 3.8) is 0 Å². The van der Waals surface area contributed by atoms with Crippen LogP contribution in [0.1, 0.15) is 56.5 Å². The van der Waals surface area contributed by atoms with Crippen molar-refractivity contribution in [2.75, 3.05) is 19.6 Å². The molecule has 3 rings (SSSR count). The first-order chi connectivity index (χ1) is 13.6. The Kier molecular flexibility index (Phi) is 7.48. The van der Waals surface area contributed by atoms with Crippen molar-refractivity contribution in [1.82, 2.24) is 20.7 Å². The van der Waals surface area contributed by atoms with Gasteiger partial charge in [-0.1, -0.05) is 49.3 Å². The number of guanidine groups is 1. The Labute approximate surface area is 168 Å². The fourth-order valence-corrected chi connectivity index (χ4v) is 3.50. The first kappa shape index (κ1) is 20.4. The summed E-state index contributed by atoms with van der Waals surface area (Å²) in [5.41, 5.74) is 2.35. The standard InChI is InChI=1S/C22H33N5O/c1-4-23-22(24-14-20-13-21(17(2)3)26-28-20)25-19-11-8-12-27(16-19)15-18-9-6-5-7-10-18/h5-7,9-10,13,17,19H,4,8,11-12,14-16H2,1-3H3,(H2,23,24,25). The Morgan fingerprint density at radius 2 is 2.14 bits per heavy atom. The second-order valence-electron chi connectivity index (χ2n) is 7.77. The molecular weight excluding hydrogens is 350 g/mol. The van der Waals surface area contributed by atoms with Crippen LogP contribution >= 0.6 is 0 Å². The Balaban J connectivity index is 1.56. The van der Waals surface area contributed by atoms with Gasteiger partial charge in [-0.05, 0) is 37.8 Å². The monoisotopic (exact) mass is 383 g/mol. The van der Waals surface area contributed by atoms with E-state index in [2.05, 4.69) is 71.8 Å². The van der Waals surface area contributed by atoms with E-state index in [1.807, 2.05) is 6.07 Å². The molecule has 1 aliphatic heterocycles. The van der Waals surface area contributed by atoms with Gasteiger partial charge < -0.3 is 15.2 Å². The van der Waals surface area contributed by atoms with Crippen molar-refractivity contribution in [2.24, 2.45) is 4.99 Å². The highest BCUT2D eigenvalue weighted by atomic mass is 16.5. The molecule has 2 aromatic rings. The number of benzene rings is 1. The summed E-state index contributed by atoms with van der Waals surface area (Å²) in [6.07, 6.45) is 2.36. The Morgan fingerprint density at radius 1 is 1.32 bits per heavy atom. The van der Waals surface area contributed by atoms with E-state index in [0.29, 0.717) is 18.5 Å². The molecule has 0 amide bonds. The van der Waals surface area contributed by atoms with Crippen LogP contribution in [0.3, 0.4) is 0 Å². The molecule has 0 radical (unpaired) electrons. The number of rotatable bonds is 7. The topological polar surface area (TPSA) is 65.7 Å². The van der Waals surface area contributed by atoms with Crippen LogP contribution in [0.2, 0.25) is 0 Å². The zero-order valence-corrected chi connectivity index (χ0v) is 17.3. The Bertz CT molecular complexity index is 740. The maximum atomic E-state index is 5.41. The van der Waals surface area contributed by atoms with Crippen molar-refractivity contribution < 1.29 is 4.52 Å². The molecule has 152 valence electrons. The lowest BCUT2D eigenvalue weighted by Crippen LogP contribution is -2.50. The first-order valence-electron chi connectivity index (χ1n) is 10.4. The zero-order valence-electron chi connectivity index (χ0n) is 17.3. The molecule has 1 aliphatic rings. The van der Waals surface area contributed by atoms with Crippen LogP contribution < -0.4 is 10.6 Å². The molecule has 2 N–H and O–H groups in total. The molecule has 1 aromatic heterocycles. The number of aliphatic imine (C=N–C) groups is 1. The number of aromatic nitrogens is 1. The highest BCUT2D eigenvalue weighted by Gasteiger charge is 2.20. The maximum Gasteiger partial charge on any atom is 0.191 e. The number of piperidine rings is 1. The van der Waals surface area contributed by atoms with E-state index in [1.54, 1.807) is 0 Å². The molecule has 28 heavy (non-hydrogen) atoms. The summed E-state index contributed by atoms with van der Waals surface area (Å²) in [5, 5.41) is 11.1. The third-order valence-corrected chi connectivity index (χ3v) is 5.00. The number of hydrogen-bond donors (Lipinski definition) is 2. The lowest BCUT2D eigenvalue weighted by Gasteiger charge is -2.34. The van der Waals surface area contributed by atoms with Gasteiger partial charge in [0.1, 0.15) is 6.54 Å². The van der Waals surface area contributed by atoms with Gasteiger partial charge in [-0.25, -0.2) is 4.99 Å². The number of nitrogens with one attached hydrogen (secondary N) is 2. The van der Waals surface area contributed by atoms with Gasteiger partial charge in [-0.3, -0.25) is 4.90 Å². The summed E-state index contributed by atoms with van der Waals surface area (Å²) in [5.74, 6) is 2.01. The second kappa shape index (κ2) is 10.3. The number of likely N-dealkylation sites (tertiary alicyclic amines) is 1. The molecule has 2 heterocycles. The molecule has 1 aromatic carbocycles. The van der Waals surface area contributed by atoms with Gasteiger partial charge in [-0.2, -0.15) is 0 Å². The van der Waals surface area contributed by atoms with Gasteiger partial charge in [0.15, 0.2) is 11.7 Å². The summed E-state index contributed by atoms with van der Waals surface area (Å²) in [7, 11) is 0. The quantitative estimate of drug-likeness (QED) is 0.566. The molecule has 6 heteroatoms. The molecule has 0 saturated carbocycles. The Morgan fingerprint density at radius 3 is 2.86 bits per heavy atom. The number of nitrogens with zero attached hydrogens (tertiary/aromatic N) is 3. The zero-order chi connectivity index (χ0) is 19.8. The van der Waals surface area contributed by atoms with E-state index in [4.69, 9.17) is 9.52 Å². The molecule has 1 unspecified atom stereocenters. The van der Waals surface area contributed by atoms with E-state index >= 15 is 0 Å². The van der Waals surface area contributed by atoms with Gasteiger partial charge in [0, 0.05) is 31.7 Å². The molecule has 6 nitrogen and oxygen atoms in total. The van der Waals surface area contributed by atoms with E-state index in [9.17, 15) is 0 Å². The molecule has 0 bridgehead atoms. The summed E-state index contributed by atoms with van der Waals surface area (Å²) in [6.45, 7) is 10.8. The van der Waals surface area contributed by atoms with Crippen LogP contribution in [0, 0.1) is 0 Å². The van der Waals surface area contributed by atoms with E-state index in [0.717, 1.165) is 50.0 Å². The van der Waals surface area contributed by atoms with Crippen molar-refractivity contribution in [2.45, 2.75) is 58.7 Å². The molecule has 1 atom stereocenters. The summed E-state index contributed by atoms with van der Waals surface area (Å²) in [6, 6.07) is 13.1. The lowest BCUT2D eigenvalue weighted by atomic mass is 10.0. The number of hydrogen-bond acceptors (Lipinski definition) is 4. The largest absolute Gasteiger partial charge is 0.359 e. The van der Waals surface area contributed by atoms with Crippen LogP contribution in [0.25, 0.3) is 0 Å². The molecule has 1 saturated heterocycles. The summed E-state index contributed by atoms with van der Waals surface area (Å²) in [4.78, 5) is 7.22. The minimum atomic E-state index is 0.366. The van der Waals surface area contributed by atoms with E-state index in [-0.39, 0.29) is 0 Å². The smallest absolute Gasteiger partial charge is 0.191 e. The lowest BCUT2D eigenvalue weighted by molar-refractivity contribution is 0.192. The van der Waals surface area contributed by atoms with Crippen LogP contribution in [-0.4, -0.2) is 41.7 Å². The fourth-order valence-electron chi connectivity index (χ4n) is 3.50. The van der Waals surface area contributed by atoms with Crippen LogP contribution in [0.15, 0.2) is 45.9 Å². The second-order valence-corrected chi connectivity index (χ2v) is 7.77. The van der Waals surface area contributed by atoms with Gasteiger partial charge in [0.05, 0.1) is 5.69 Å². The Hall–Kier alpha value is -2.34. The van der Waals surface area contributed by atoms with Crippen LogP contribution in [-0.2, 0) is 13.1 Å². The molecule has 0 spiro atoms. The SMILES string of the molecule is CCNC(=NCc1cc(C(C)C)no1)NC1CCCN(Cc2ccccc2)C1. The van der Waals surface area contributed by atoms with Gasteiger partial charge in [0.2, 0.25) is 0 Å².